The van der Waals surface area contributed by atoms with Crippen LogP contribution in [-0.4, -0.2) is 37.7 Å². The van der Waals surface area contributed by atoms with Crippen molar-refractivity contribution in [3.8, 4) is 5.75 Å². The standard InChI is InChI=1S/C22H42O2Si4/c1-19-16-17-28(26(6,7)8,27(9,10)11)22(18-19,24-25(3,4)5)20-12-14-21(23-2)15-13-20/h12-16H,17-18H2,1-11H3. The molecule has 0 spiro atoms. The fraction of sp³-hybridized carbons (Fsp3) is 0.636. The summed E-state index contributed by atoms with van der Waals surface area (Å²) < 4.78 is 12.9. The van der Waals surface area contributed by atoms with Crippen molar-refractivity contribution in [1.82, 2.24) is 0 Å². The summed E-state index contributed by atoms with van der Waals surface area (Å²) in [7, 11) is -4.82. The molecule has 0 amide bonds. The first-order chi connectivity index (χ1) is 12.6. The molecule has 6 heteroatoms. The van der Waals surface area contributed by atoms with Crippen LogP contribution in [0.15, 0.2) is 35.9 Å². The number of benzene rings is 1. The molecule has 0 aliphatic carbocycles. The minimum atomic E-state index is -1.81. The highest BCUT2D eigenvalue weighted by Gasteiger charge is 2.68. The zero-order valence-corrected chi connectivity index (χ0v) is 24.1. The average molecular weight is 451 g/mol. The molecule has 1 atom stereocenters. The van der Waals surface area contributed by atoms with Gasteiger partial charge in [-0.05, 0) is 56.7 Å². The number of ether oxygens (including phenoxy) is 1. The second kappa shape index (κ2) is 7.69. The predicted octanol–water partition coefficient (Wildman–Crippen LogP) is 6.91. The van der Waals surface area contributed by atoms with E-state index in [0.29, 0.717) is 0 Å². The van der Waals surface area contributed by atoms with Crippen molar-refractivity contribution in [2.75, 3.05) is 7.11 Å². The van der Waals surface area contributed by atoms with Crippen molar-refractivity contribution in [2.24, 2.45) is 0 Å². The Kier molecular flexibility index (Phi) is 6.55. The normalized spacial score (nSPS) is 23.3. The summed E-state index contributed by atoms with van der Waals surface area (Å²) in [6.45, 7) is 25.3. The van der Waals surface area contributed by atoms with Crippen LogP contribution >= 0.6 is 0 Å². The SMILES string of the molecule is COc1ccc(C2(O[Si](C)(C)C)CC(C)=CC[Si]2([Si](C)(C)C)[Si](C)(C)C)cc1. The Morgan fingerprint density at radius 1 is 0.857 bits per heavy atom. The highest BCUT2D eigenvalue weighted by Crippen LogP contribution is 2.55. The second-order valence-corrected chi connectivity index (χ2v) is 43.7. The lowest BCUT2D eigenvalue weighted by molar-refractivity contribution is 0.137. The van der Waals surface area contributed by atoms with Crippen LogP contribution in [0.4, 0.5) is 0 Å². The summed E-state index contributed by atoms with van der Waals surface area (Å²) in [5.41, 5.74) is 2.92. The molecule has 1 unspecified atom stereocenters. The Hall–Kier alpha value is -0.412. The molecule has 2 nitrogen and oxygen atoms in total. The first-order valence-corrected chi connectivity index (χ1v) is 25.2. The van der Waals surface area contributed by atoms with E-state index < -0.39 is 30.6 Å². The second-order valence-electron chi connectivity index (χ2n) is 11.6. The van der Waals surface area contributed by atoms with Crippen LogP contribution in [0.2, 0.25) is 65.0 Å². The molecule has 0 N–H and O–H groups in total. The minimum absolute atomic E-state index is 0.0997. The number of rotatable bonds is 6. The highest BCUT2D eigenvalue weighted by atomic mass is 29.6. The van der Waals surface area contributed by atoms with Crippen molar-refractivity contribution in [2.45, 2.75) is 83.5 Å². The third-order valence-electron chi connectivity index (χ3n) is 6.57. The molecule has 0 saturated carbocycles. The molecule has 1 aliphatic heterocycles. The number of allylic oxidation sites excluding steroid dienone is 1. The summed E-state index contributed by atoms with van der Waals surface area (Å²) in [6, 6.07) is 10.2. The Bertz CT molecular complexity index is 707. The van der Waals surface area contributed by atoms with E-state index in [1.807, 2.05) is 0 Å². The van der Waals surface area contributed by atoms with E-state index in [4.69, 9.17) is 9.16 Å². The van der Waals surface area contributed by atoms with Gasteiger partial charge in [-0.25, -0.2) is 0 Å². The maximum atomic E-state index is 7.45. The Morgan fingerprint density at radius 2 is 1.36 bits per heavy atom. The van der Waals surface area contributed by atoms with Gasteiger partial charge in [-0.3, -0.25) is 0 Å². The predicted molar refractivity (Wildman–Crippen MR) is 135 cm³/mol. The summed E-state index contributed by atoms with van der Waals surface area (Å²) in [4.78, 5) is 0. The fourth-order valence-corrected chi connectivity index (χ4v) is 57.8. The largest absolute Gasteiger partial charge is 0.497 e. The summed E-state index contributed by atoms with van der Waals surface area (Å²) in [5, 5.41) is -0.0997. The zero-order chi connectivity index (χ0) is 21.6. The van der Waals surface area contributed by atoms with Crippen LogP contribution in [-0.2, 0) is 9.65 Å². The van der Waals surface area contributed by atoms with E-state index in [1.165, 1.54) is 17.2 Å². The summed E-state index contributed by atoms with van der Waals surface area (Å²) >= 11 is 0. The zero-order valence-electron chi connectivity index (χ0n) is 20.1. The van der Waals surface area contributed by atoms with Gasteiger partial charge in [0.15, 0.2) is 8.32 Å². The quantitative estimate of drug-likeness (QED) is 0.346. The van der Waals surface area contributed by atoms with Crippen LogP contribution < -0.4 is 4.74 Å². The Morgan fingerprint density at radius 3 is 1.75 bits per heavy atom. The number of hydrogen-bond acceptors (Lipinski definition) is 2. The van der Waals surface area contributed by atoms with Gasteiger partial charge in [-0.2, -0.15) is 0 Å². The van der Waals surface area contributed by atoms with E-state index in [2.05, 4.69) is 96.2 Å². The van der Waals surface area contributed by atoms with Gasteiger partial charge in [0, 0.05) is 15.2 Å². The van der Waals surface area contributed by atoms with Gasteiger partial charge >= 0.3 is 0 Å². The number of methoxy groups -OCH3 is 1. The van der Waals surface area contributed by atoms with Crippen molar-refractivity contribution < 1.29 is 9.16 Å². The monoisotopic (exact) mass is 450 g/mol. The molecule has 0 saturated heterocycles. The highest BCUT2D eigenvalue weighted by molar-refractivity contribution is 7.69. The third kappa shape index (κ3) is 4.08. The molecule has 0 aromatic heterocycles. The maximum absolute atomic E-state index is 7.45. The van der Waals surface area contributed by atoms with Crippen LogP contribution in [0.5, 0.6) is 5.75 Å². The van der Waals surface area contributed by atoms with E-state index >= 15 is 0 Å². The van der Waals surface area contributed by atoms with Gasteiger partial charge in [-0.1, -0.05) is 63.1 Å². The summed E-state index contributed by atoms with van der Waals surface area (Å²) in [5.74, 6) is 0.934. The van der Waals surface area contributed by atoms with Crippen molar-refractivity contribution in [1.29, 1.82) is 0 Å². The molecule has 2 rings (SSSR count). The smallest absolute Gasteiger partial charge is 0.184 e. The van der Waals surface area contributed by atoms with Crippen molar-refractivity contribution in [3.63, 3.8) is 0 Å². The Balaban J connectivity index is 2.93. The third-order valence-corrected chi connectivity index (χ3v) is 48.1. The van der Waals surface area contributed by atoms with Crippen LogP contribution in [0, 0.1) is 0 Å². The fourth-order valence-electron chi connectivity index (χ4n) is 5.97. The summed E-state index contributed by atoms with van der Waals surface area (Å²) in [6.07, 6.45) is 3.67. The molecule has 1 aliphatic rings. The van der Waals surface area contributed by atoms with E-state index in [0.717, 1.165) is 12.2 Å². The average Bonchev–Trinajstić information content (AvgIpc) is 2.51. The van der Waals surface area contributed by atoms with Crippen LogP contribution in [0.25, 0.3) is 0 Å². The molecule has 28 heavy (non-hydrogen) atoms. The van der Waals surface area contributed by atoms with Gasteiger partial charge in [0.1, 0.15) is 5.75 Å². The van der Waals surface area contributed by atoms with Crippen molar-refractivity contribution >= 4 is 30.6 Å². The molecule has 1 heterocycles. The topological polar surface area (TPSA) is 18.5 Å². The molecule has 1 aromatic carbocycles. The molecule has 0 radical (unpaired) electrons. The van der Waals surface area contributed by atoms with E-state index in [-0.39, 0.29) is 5.22 Å². The van der Waals surface area contributed by atoms with Gasteiger partial charge in [0.2, 0.25) is 0 Å². The number of hydrogen-bond donors (Lipinski definition) is 0. The van der Waals surface area contributed by atoms with Gasteiger partial charge in [-0.15, -0.1) is 0 Å². The molecular formula is C22H42O2Si4. The van der Waals surface area contributed by atoms with E-state index in [9.17, 15) is 0 Å². The molecule has 1 aromatic rings. The van der Waals surface area contributed by atoms with Gasteiger partial charge in [0.25, 0.3) is 0 Å². The van der Waals surface area contributed by atoms with E-state index in [1.54, 1.807) is 7.11 Å². The molecular weight excluding hydrogens is 409 g/mol. The van der Waals surface area contributed by atoms with Gasteiger partial charge in [0.05, 0.1) is 19.4 Å². The first-order valence-electron chi connectivity index (χ1n) is 10.6. The molecule has 158 valence electrons. The lowest BCUT2D eigenvalue weighted by atomic mass is 10.0. The Labute approximate surface area is 177 Å². The lowest BCUT2D eigenvalue weighted by Gasteiger charge is -2.64. The molecule has 0 fully saturated rings. The van der Waals surface area contributed by atoms with Crippen LogP contribution in [0.1, 0.15) is 18.9 Å². The lowest BCUT2D eigenvalue weighted by Crippen LogP contribution is -2.83. The minimum Gasteiger partial charge on any atom is -0.497 e. The first kappa shape index (κ1) is 23.9. The van der Waals surface area contributed by atoms with Crippen molar-refractivity contribution in [3.05, 3.63) is 41.5 Å². The molecule has 0 bridgehead atoms. The van der Waals surface area contributed by atoms with Gasteiger partial charge < -0.3 is 9.16 Å². The van der Waals surface area contributed by atoms with Crippen LogP contribution in [0.3, 0.4) is 0 Å². The maximum Gasteiger partial charge on any atom is 0.184 e.